The zero-order valence-corrected chi connectivity index (χ0v) is 11.2. The van der Waals surface area contributed by atoms with Gasteiger partial charge in [-0.1, -0.05) is 6.92 Å². The molecule has 0 radical (unpaired) electrons. The molecule has 1 N–H and O–H groups in total. The first-order chi connectivity index (χ1) is 9.00. The fourth-order valence-electron chi connectivity index (χ4n) is 1.75. The Morgan fingerprint density at radius 2 is 2.16 bits per heavy atom. The Hall–Kier alpha value is -0.700. The molecule has 2 heterocycles. The van der Waals surface area contributed by atoms with Crippen LogP contribution in [0.5, 0.6) is 0 Å². The molecule has 1 aliphatic heterocycles. The van der Waals surface area contributed by atoms with Crippen LogP contribution in [0, 0.1) is 0 Å². The summed E-state index contributed by atoms with van der Waals surface area (Å²) in [6.45, 7) is 3.44. The standard InChI is InChI=1S/C11H15F3N2O2S/c1-2-7(15-5-9-17-3-4-18-9)10-16-8(6-19-10)11(12,13)14/h6-7,9,15H,2-5H2,1H3/t7-/m1/s1. The van der Waals surface area contributed by atoms with E-state index in [2.05, 4.69) is 10.3 Å². The summed E-state index contributed by atoms with van der Waals surface area (Å²) in [4.78, 5) is 3.65. The van der Waals surface area contributed by atoms with Crippen LogP contribution in [-0.2, 0) is 15.7 Å². The lowest BCUT2D eigenvalue weighted by Gasteiger charge is -2.17. The lowest BCUT2D eigenvalue weighted by atomic mass is 10.2. The molecule has 4 nitrogen and oxygen atoms in total. The quantitative estimate of drug-likeness (QED) is 0.907. The van der Waals surface area contributed by atoms with Crippen LogP contribution in [0.4, 0.5) is 13.2 Å². The van der Waals surface area contributed by atoms with Gasteiger partial charge < -0.3 is 14.8 Å². The molecule has 1 fully saturated rings. The first-order valence-electron chi connectivity index (χ1n) is 6.00. The number of hydrogen-bond acceptors (Lipinski definition) is 5. The lowest BCUT2D eigenvalue weighted by molar-refractivity contribution is -0.140. The van der Waals surface area contributed by atoms with Crippen LogP contribution in [-0.4, -0.2) is 31.0 Å². The third-order valence-electron chi connectivity index (χ3n) is 2.74. The Balaban J connectivity index is 1.94. The molecule has 2 rings (SSSR count). The first-order valence-corrected chi connectivity index (χ1v) is 6.88. The van der Waals surface area contributed by atoms with Crippen LogP contribution in [0.25, 0.3) is 0 Å². The molecule has 0 aromatic carbocycles. The second-order valence-corrected chi connectivity index (χ2v) is 5.00. The molecule has 1 aromatic heterocycles. The lowest BCUT2D eigenvalue weighted by Crippen LogP contribution is -2.30. The van der Waals surface area contributed by atoms with Gasteiger partial charge in [0.05, 0.1) is 19.3 Å². The van der Waals surface area contributed by atoms with Gasteiger partial charge >= 0.3 is 6.18 Å². The molecule has 0 saturated carbocycles. The van der Waals surface area contributed by atoms with E-state index in [1.807, 2.05) is 6.92 Å². The fraction of sp³-hybridized carbons (Fsp3) is 0.727. The summed E-state index contributed by atoms with van der Waals surface area (Å²) in [5.41, 5.74) is -0.832. The molecule has 1 atom stereocenters. The van der Waals surface area contributed by atoms with Crippen molar-refractivity contribution in [2.24, 2.45) is 0 Å². The van der Waals surface area contributed by atoms with Crippen LogP contribution >= 0.6 is 11.3 Å². The Morgan fingerprint density at radius 1 is 1.47 bits per heavy atom. The fourth-order valence-corrected chi connectivity index (χ4v) is 2.73. The van der Waals surface area contributed by atoms with Gasteiger partial charge in [-0.3, -0.25) is 0 Å². The van der Waals surface area contributed by atoms with Gasteiger partial charge in [-0.2, -0.15) is 13.2 Å². The molecular weight excluding hydrogens is 281 g/mol. The van der Waals surface area contributed by atoms with Crippen LogP contribution < -0.4 is 5.32 Å². The number of hydrogen-bond donors (Lipinski definition) is 1. The molecule has 0 bridgehead atoms. The van der Waals surface area contributed by atoms with Crippen molar-refractivity contribution in [2.75, 3.05) is 19.8 Å². The van der Waals surface area contributed by atoms with Gasteiger partial charge in [0.15, 0.2) is 12.0 Å². The number of aromatic nitrogens is 1. The van der Waals surface area contributed by atoms with Crippen LogP contribution in [0.15, 0.2) is 5.38 Å². The van der Waals surface area contributed by atoms with E-state index in [1.165, 1.54) is 0 Å². The molecule has 19 heavy (non-hydrogen) atoms. The van der Waals surface area contributed by atoms with E-state index in [0.717, 1.165) is 16.7 Å². The monoisotopic (exact) mass is 296 g/mol. The summed E-state index contributed by atoms with van der Waals surface area (Å²) in [5.74, 6) is 0. The molecule has 0 unspecified atom stereocenters. The number of rotatable bonds is 5. The highest BCUT2D eigenvalue weighted by Crippen LogP contribution is 2.32. The summed E-state index contributed by atoms with van der Waals surface area (Å²) >= 11 is 1.02. The van der Waals surface area contributed by atoms with Crippen molar-refractivity contribution in [1.82, 2.24) is 10.3 Å². The zero-order chi connectivity index (χ0) is 13.9. The van der Waals surface area contributed by atoms with Crippen molar-refractivity contribution >= 4 is 11.3 Å². The molecule has 1 aromatic rings. The van der Waals surface area contributed by atoms with Gasteiger partial charge in [-0.05, 0) is 6.42 Å². The van der Waals surface area contributed by atoms with E-state index in [-0.39, 0.29) is 12.3 Å². The predicted molar refractivity (Wildman–Crippen MR) is 63.8 cm³/mol. The molecular formula is C11H15F3N2O2S. The van der Waals surface area contributed by atoms with Crippen LogP contribution in [0.2, 0.25) is 0 Å². The molecule has 0 aliphatic carbocycles. The number of alkyl halides is 3. The highest BCUT2D eigenvalue weighted by atomic mass is 32.1. The summed E-state index contributed by atoms with van der Waals surface area (Å²) in [6.07, 6.45) is -4.06. The topological polar surface area (TPSA) is 43.4 Å². The van der Waals surface area contributed by atoms with Crippen LogP contribution in [0.3, 0.4) is 0 Å². The van der Waals surface area contributed by atoms with Crippen molar-refractivity contribution in [3.8, 4) is 0 Å². The minimum atomic E-state index is -4.38. The van der Waals surface area contributed by atoms with Crippen molar-refractivity contribution in [2.45, 2.75) is 31.9 Å². The van der Waals surface area contributed by atoms with E-state index in [0.29, 0.717) is 31.2 Å². The van der Waals surface area contributed by atoms with Gasteiger partial charge in [-0.25, -0.2) is 4.98 Å². The Kier molecular flexibility index (Phi) is 4.77. The van der Waals surface area contributed by atoms with Crippen molar-refractivity contribution in [1.29, 1.82) is 0 Å². The normalized spacial score (nSPS) is 18.9. The van der Waals surface area contributed by atoms with Crippen LogP contribution in [0.1, 0.15) is 30.1 Å². The van der Waals surface area contributed by atoms with E-state index >= 15 is 0 Å². The van der Waals surface area contributed by atoms with E-state index in [4.69, 9.17) is 9.47 Å². The van der Waals surface area contributed by atoms with E-state index in [1.54, 1.807) is 0 Å². The van der Waals surface area contributed by atoms with Gasteiger partial charge in [0.25, 0.3) is 0 Å². The third-order valence-corrected chi connectivity index (χ3v) is 3.70. The Morgan fingerprint density at radius 3 is 2.68 bits per heavy atom. The van der Waals surface area contributed by atoms with Crippen molar-refractivity contribution < 1.29 is 22.6 Å². The number of nitrogens with zero attached hydrogens (tertiary/aromatic N) is 1. The molecule has 108 valence electrons. The number of halogens is 3. The Labute approximate surface area is 112 Å². The second kappa shape index (κ2) is 6.17. The van der Waals surface area contributed by atoms with Gasteiger partial charge in [-0.15, -0.1) is 11.3 Å². The SMILES string of the molecule is CC[C@@H](NCC1OCCO1)c1nc(C(F)(F)F)cs1. The average molecular weight is 296 g/mol. The maximum Gasteiger partial charge on any atom is 0.434 e. The summed E-state index contributed by atoms with van der Waals surface area (Å²) in [7, 11) is 0. The Bertz CT molecular complexity index is 405. The average Bonchev–Trinajstić information content (AvgIpc) is 2.98. The van der Waals surface area contributed by atoms with E-state index < -0.39 is 11.9 Å². The largest absolute Gasteiger partial charge is 0.434 e. The number of thiazole rings is 1. The number of ether oxygens (including phenoxy) is 2. The molecule has 1 aliphatic rings. The summed E-state index contributed by atoms with van der Waals surface area (Å²) < 4.78 is 48.0. The number of nitrogens with one attached hydrogen (secondary N) is 1. The first kappa shape index (κ1) is 14.7. The maximum atomic E-state index is 12.5. The van der Waals surface area contributed by atoms with Gasteiger partial charge in [0.2, 0.25) is 0 Å². The molecule has 0 spiro atoms. The minimum Gasteiger partial charge on any atom is -0.349 e. The zero-order valence-electron chi connectivity index (χ0n) is 10.4. The van der Waals surface area contributed by atoms with Crippen molar-refractivity contribution in [3.63, 3.8) is 0 Å². The molecule has 0 amide bonds. The highest BCUT2D eigenvalue weighted by Gasteiger charge is 2.34. The second-order valence-electron chi connectivity index (χ2n) is 4.11. The maximum absolute atomic E-state index is 12.5. The third kappa shape index (κ3) is 3.88. The summed E-state index contributed by atoms with van der Waals surface area (Å²) in [6, 6.07) is -0.214. The molecule has 1 saturated heterocycles. The summed E-state index contributed by atoms with van der Waals surface area (Å²) in [5, 5.41) is 4.60. The van der Waals surface area contributed by atoms with Gasteiger partial charge in [0.1, 0.15) is 5.01 Å². The van der Waals surface area contributed by atoms with E-state index in [9.17, 15) is 13.2 Å². The van der Waals surface area contributed by atoms with Gasteiger partial charge in [0, 0.05) is 11.9 Å². The minimum absolute atomic E-state index is 0.214. The molecule has 8 heteroatoms. The highest BCUT2D eigenvalue weighted by molar-refractivity contribution is 7.09. The van der Waals surface area contributed by atoms with Crippen molar-refractivity contribution in [3.05, 3.63) is 16.1 Å². The smallest absolute Gasteiger partial charge is 0.349 e. The predicted octanol–water partition coefficient (Wildman–Crippen LogP) is 2.58.